The summed E-state index contributed by atoms with van der Waals surface area (Å²) in [5.74, 6) is 3.97. The molecule has 1 aromatic carbocycles. The van der Waals surface area contributed by atoms with Crippen molar-refractivity contribution in [2.24, 2.45) is 5.73 Å². The Morgan fingerprint density at radius 3 is 2.60 bits per heavy atom. The van der Waals surface area contributed by atoms with E-state index in [9.17, 15) is 14.0 Å². The van der Waals surface area contributed by atoms with Crippen LogP contribution in [-0.4, -0.2) is 31.4 Å². The fourth-order valence-corrected chi connectivity index (χ4v) is 1.42. The van der Waals surface area contributed by atoms with Gasteiger partial charge in [0.2, 0.25) is 5.91 Å². The Bertz CT molecular complexity index is 561. The summed E-state index contributed by atoms with van der Waals surface area (Å²) in [5.41, 5.74) is 5.60. The van der Waals surface area contributed by atoms with Gasteiger partial charge in [-0.1, -0.05) is 11.8 Å². The van der Waals surface area contributed by atoms with Crippen molar-refractivity contribution in [1.82, 2.24) is 10.6 Å². The molecule has 0 aromatic heterocycles. The van der Waals surface area contributed by atoms with Crippen molar-refractivity contribution in [3.05, 3.63) is 35.1 Å². The minimum atomic E-state index is -0.569. The lowest BCUT2D eigenvalue weighted by Gasteiger charge is -2.06. The summed E-state index contributed by atoms with van der Waals surface area (Å²) in [7, 11) is 0. The summed E-state index contributed by atoms with van der Waals surface area (Å²) in [6, 6.07) is 4.03. The Morgan fingerprint density at radius 1 is 1.30 bits per heavy atom. The second kappa shape index (κ2) is 7.92. The Morgan fingerprint density at radius 2 is 2.00 bits per heavy atom. The molecule has 0 aliphatic heterocycles. The van der Waals surface area contributed by atoms with Crippen LogP contribution in [-0.2, 0) is 4.79 Å². The summed E-state index contributed by atoms with van der Waals surface area (Å²) in [4.78, 5) is 22.4. The highest BCUT2D eigenvalue weighted by Crippen LogP contribution is 2.09. The van der Waals surface area contributed by atoms with Gasteiger partial charge >= 0.3 is 0 Å². The van der Waals surface area contributed by atoms with Crippen molar-refractivity contribution in [3.8, 4) is 11.8 Å². The van der Waals surface area contributed by atoms with E-state index in [2.05, 4.69) is 22.5 Å². The van der Waals surface area contributed by atoms with E-state index >= 15 is 0 Å². The molecule has 0 aliphatic rings. The van der Waals surface area contributed by atoms with Crippen LogP contribution in [0.4, 0.5) is 4.39 Å². The van der Waals surface area contributed by atoms with E-state index in [1.165, 1.54) is 19.1 Å². The number of hydrogen-bond acceptors (Lipinski definition) is 3. The van der Waals surface area contributed by atoms with E-state index in [1.54, 1.807) is 0 Å². The van der Waals surface area contributed by atoms with Crippen LogP contribution in [0.25, 0.3) is 0 Å². The molecular weight excluding hydrogens is 261 g/mol. The SMILES string of the molecule is CC(=O)NCCNC(=O)c1ccc(C#CCN)c(F)c1. The van der Waals surface area contributed by atoms with Crippen LogP contribution in [0, 0.1) is 17.7 Å². The largest absolute Gasteiger partial charge is 0.355 e. The van der Waals surface area contributed by atoms with Gasteiger partial charge in [-0.05, 0) is 18.2 Å². The molecule has 106 valence electrons. The topological polar surface area (TPSA) is 84.2 Å². The highest BCUT2D eigenvalue weighted by Gasteiger charge is 2.08. The predicted molar refractivity (Wildman–Crippen MR) is 73.3 cm³/mol. The molecule has 0 saturated carbocycles. The van der Waals surface area contributed by atoms with Gasteiger partial charge in [-0.15, -0.1) is 0 Å². The van der Waals surface area contributed by atoms with E-state index in [1.807, 2.05) is 0 Å². The van der Waals surface area contributed by atoms with Gasteiger partial charge in [0.15, 0.2) is 0 Å². The third-order valence-electron chi connectivity index (χ3n) is 2.34. The molecule has 1 aromatic rings. The van der Waals surface area contributed by atoms with Crippen molar-refractivity contribution < 1.29 is 14.0 Å². The molecule has 1 rings (SSSR count). The van der Waals surface area contributed by atoms with Gasteiger partial charge in [0.05, 0.1) is 12.1 Å². The molecule has 0 bridgehead atoms. The minimum Gasteiger partial charge on any atom is -0.355 e. The molecule has 2 amide bonds. The normalized spacial score (nSPS) is 9.35. The number of rotatable bonds is 4. The first kappa shape index (κ1) is 15.7. The molecule has 6 heteroatoms. The Balaban J connectivity index is 2.61. The number of carbonyl (C=O) groups is 2. The number of benzene rings is 1. The van der Waals surface area contributed by atoms with Gasteiger partial charge in [-0.2, -0.15) is 0 Å². The summed E-state index contributed by atoms with van der Waals surface area (Å²) in [5, 5.41) is 5.11. The average molecular weight is 277 g/mol. The van der Waals surface area contributed by atoms with E-state index in [0.29, 0.717) is 6.54 Å². The molecule has 4 N–H and O–H groups in total. The molecule has 0 aliphatic carbocycles. The molecule has 0 fully saturated rings. The zero-order valence-corrected chi connectivity index (χ0v) is 11.1. The number of halogens is 1. The van der Waals surface area contributed by atoms with Crippen molar-refractivity contribution >= 4 is 11.8 Å². The lowest BCUT2D eigenvalue weighted by molar-refractivity contribution is -0.118. The predicted octanol–water partition coefficient (Wildman–Crippen LogP) is 0.00180. The molecule has 0 atom stereocenters. The van der Waals surface area contributed by atoms with Crippen LogP contribution >= 0.6 is 0 Å². The van der Waals surface area contributed by atoms with Crippen LogP contribution < -0.4 is 16.4 Å². The number of amides is 2. The van der Waals surface area contributed by atoms with Crippen molar-refractivity contribution in [2.75, 3.05) is 19.6 Å². The maximum atomic E-state index is 13.6. The van der Waals surface area contributed by atoms with Gasteiger partial charge in [-0.3, -0.25) is 9.59 Å². The lowest BCUT2D eigenvalue weighted by Crippen LogP contribution is -2.33. The third kappa shape index (κ3) is 5.08. The third-order valence-corrected chi connectivity index (χ3v) is 2.34. The van der Waals surface area contributed by atoms with E-state index < -0.39 is 11.7 Å². The van der Waals surface area contributed by atoms with Crippen LogP contribution in [0.2, 0.25) is 0 Å². The van der Waals surface area contributed by atoms with Crippen molar-refractivity contribution in [2.45, 2.75) is 6.92 Å². The lowest BCUT2D eigenvalue weighted by atomic mass is 10.1. The quantitative estimate of drug-likeness (QED) is 0.535. The molecule has 0 unspecified atom stereocenters. The number of nitrogens with two attached hydrogens (primary N) is 1. The average Bonchev–Trinajstić information content (AvgIpc) is 2.41. The molecule has 5 nitrogen and oxygen atoms in total. The number of hydrogen-bond donors (Lipinski definition) is 3. The van der Waals surface area contributed by atoms with Crippen molar-refractivity contribution in [3.63, 3.8) is 0 Å². The monoisotopic (exact) mass is 277 g/mol. The van der Waals surface area contributed by atoms with Gasteiger partial charge in [-0.25, -0.2) is 4.39 Å². The fraction of sp³-hybridized carbons (Fsp3) is 0.286. The Hall–Kier alpha value is -2.39. The Labute approximate surface area is 116 Å². The molecular formula is C14H16FN3O2. The highest BCUT2D eigenvalue weighted by molar-refractivity contribution is 5.94. The summed E-state index contributed by atoms with van der Waals surface area (Å²) in [6.45, 7) is 2.13. The first-order valence-corrected chi connectivity index (χ1v) is 6.05. The van der Waals surface area contributed by atoms with Gasteiger partial charge in [0, 0.05) is 25.6 Å². The number of nitrogens with one attached hydrogen (secondary N) is 2. The minimum absolute atomic E-state index is 0.144. The smallest absolute Gasteiger partial charge is 0.251 e. The standard InChI is InChI=1S/C14H16FN3O2/c1-10(19)17-7-8-18-14(20)12-5-4-11(3-2-6-16)13(15)9-12/h4-5,9H,6-8,16H2,1H3,(H,17,19)(H,18,20). The maximum absolute atomic E-state index is 13.6. The van der Waals surface area contributed by atoms with Crippen LogP contribution in [0.15, 0.2) is 18.2 Å². The molecule has 0 heterocycles. The molecule has 0 radical (unpaired) electrons. The second-order valence-corrected chi connectivity index (χ2v) is 3.94. The molecule has 0 spiro atoms. The van der Waals surface area contributed by atoms with Crippen LogP contribution in [0.3, 0.4) is 0 Å². The van der Waals surface area contributed by atoms with Crippen LogP contribution in [0.1, 0.15) is 22.8 Å². The van der Waals surface area contributed by atoms with E-state index in [4.69, 9.17) is 5.73 Å². The van der Waals surface area contributed by atoms with Gasteiger partial charge < -0.3 is 16.4 Å². The first-order chi connectivity index (χ1) is 9.54. The van der Waals surface area contributed by atoms with E-state index in [0.717, 1.165) is 6.07 Å². The zero-order chi connectivity index (χ0) is 15.0. The second-order valence-electron chi connectivity index (χ2n) is 3.94. The molecule has 20 heavy (non-hydrogen) atoms. The van der Waals surface area contributed by atoms with Crippen molar-refractivity contribution in [1.29, 1.82) is 0 Å². The maximum Gasteiger partial charge on any atom is 0.251 e. The fourth-order valence-electron chi connectivity index (χ4n) is 1.42. The zero-order valence-electron chi connectivity index (χ0n) is 11.1. The highest BCUT2D eigenvalue weighted by atomic mass is 19.1. The number of carbonyl (C=O) groups excluding carboxylic acids is 2. The van der Waals surface area contributed by atoms with E-state index in [-0.39, 0.29) is 30.1 Å². The Kier molecular flexibility index (Phi) is 6.20. The van der Waals surface area contributed by atoms with Gasteiger partial charge in [0.1, 0.15) is 5.82 Å². The van der Waals surface area contributed by atoms with Crippen LogP contribution in [0.5, 0.6) is 0 Å². The first-order valence-electron chi connectivity index (χ1n) is 6.05. The molecule has 0 saturated heterocycles. The summed E-state index contributed by atoms with van der Waals surface area (Å²) >= 11 is 0. The van der Waals surface area contributed by atoms with Gasteiger partial charge in [0.25, 0.3) is 5.91 Å². The summed E-state index contributed by atoms with van der Waals surface area (Å²) in [6.07, 6.45) is 0. The summed E-state index contributed by atoms with van der Waals surface area (Å²) < 4.78 is 13.6.